The maximum atomic E-state index is 5.40. The summed E-state index contributed by atoms with van der Waals surface area (Å²) in [6.07, 6.45) is 4.67. The Morgan fingerprint density at radius 2 is 2.05 bits per heavy atom. The van der Waals surface area contributed by atoms with Gasteiger partial charge >= 0.3 is 0 Å². The predicted molar refractivity (Wildman–Crippen MR) is 85.7 cm³/mol. The molecule has 0 spiro atoms. The monoisotopic (exact) mass is 289 g/mol. The van der Waals surface area contributed by atoms with E-state index < -0.39 is 0 Å². The van der Waals surface area contributed by atoms with E-state index in [1.165, 1.54) is 31.5 Å². The minimum absolute atomic E-state index is 0.568. The van der Waals surface area contributed by atoms with Crippen LogP contribution in [-0.4, -0.2) is 49.3 Å². The van der Waals surface area contributed by atoms with Crippen molar-refractivity contribution in [3.63, 3.8) is 0 Å². The molecule has 1 aromatic heterocycles. The molecule has 1 aromatic rings. The SMILES string of the molecule is CC(C)CN1CCC[C@H]1c1ccc(N2CCOCC2)nc1. The normalized spacial score (nSPS) is 24.0. The van der Waals surface area contributed by atoms with Crippen LogP contribution in [0.4, 0.5) is 5.82 Å². The third-order valence-electron chi connectivity index (χ3n) is 4.45. The molecular weight excluding hydrogens is 262 g/mol. The molecule has 2 aliphatic rings. The van der Waals surface area contributed by atoms with Gasteiger partial charge in [-0.25, -0.2) is 4.98 Å². The second-order valence-corrected chi connectivity index (χ2v) is 6.60. The van der Waals surface area contributed by atoms with E-state index in [0.717, 1.165) is 38.0 Å². The number of ether oxygens (including phenoxy) is 1. The first-order valence-electron chi connectivity index (χ1n) is 8.27. The fourth-order valence-electron chi connectivity index (χ4n) is 3.47. The Labute approximate surface area is 128 Å². The first kappa shape index (κ1) is 14.8. The van der Waals surface area contributed by atoms with Gasteiger partial charge in [0.25, 0.3) is 0 Å². The molecular formula is C17H27N3O. The van der Waals surface area contributed by atoms with Gasteiger partial charge in [-0.2, -0.15) is 0 Å². The zero-order chi connectivity index (χ0) is 14.7. The highest BCUT2D eigenvalue weighted by molar-refractivity contribution is 5.40. The van der Waals surface area contributed by atoms with Gasteiger partial charge in [0, 0.05) is 31.9 Å². The number of likely N-dealkylation sites (tertiary alicyclic amines) is 1. The van der Waals surface area contributed by atoms with Crippen LogP contribution in [0.15, 0.2) is 18.3 Å². The van der Waals surface area contributed by atoms with E-state index in [2.05, 4.69) is 42.0 Å². The van der Waals surface area contributed by atoms with Gasteiger partial charge in [-0.1, -0.05) is 19.9 Å². The summed E-state index contributed by atoms with van der Waals surface area (Å²) >= 11 is 0. The molecule has 2 saturated heterocycles. The fourth-order valence-corrected chi connectivity index (χ4v) is 3.47. The number of rotatable bonds is 4. The van der Waals surface area contributed by atoms with Gasteiger partial charge < -0.3 is 9.64 Å². The van der Waals surface area contributed by atoms with E-state index in [1.807, 2.05) is 0 Å². The first-order valence-corrected chi connectivity index (χ1v) is 8.27. The molecule has 4 heteroatoms. The van der Waals surface area contributed by atoms with Crippen LogP contribution in [0.25, 0.3) is 0 Å². The summed E-state index contributed by atoms with van der Waals surface area (Å²) in [4.78, 5) is 9.64. The van der Waals surface area contributed by atoms with E-state index >= 15 is 0 Å². The maximum absolute atomic E-state index is 5.40. The third-order valence-corrected chi connectivity index (χ3v) is 4.45. The molecule has 4 nitrogen and oxygen atoms in total. The summed E-state index contributed by atoms with van der Waals surface area (Å²) in [7, 11) is 0. The van der Waals surface area contributed by atoms with E-state index in [-0.39, 0.29) is 0 Å². The largest absolute Gasteiger partial charge is 0.378 e. The molecule has 1 atom stereocenters. The van der Waals surface area contributed by atoms with Crippen molar-refractivity contribution in [2.75, 3.05) is 44.3 Å². The van der Waals surface area contributed by atoms with Crippen molar-refractivity contribution in [2.24, 2.45) is 5.92 Å². The summed E-state index contributed by atoms with van der Waals surface area (Å²) in [6, 6.07) is 5.03. The zero-order valence-electron chi connectivity index (χ0n) is 13.3. The molecule has 2 fully saturated rings. The van der Waals surface area contributed by atoms with Gasteiger partial charge in [-0.15, -0.1) is 0 Å². The second-order valence-electron chi connectivity index (χ2n) is 6.60. The Bertz CT molecular complexity index is 440. The molecule has 0 N–H and O–H groups in total. The summed E-state index contributed by atoms with van der Waals surface area (Å²) in [5, 5.41) is 0. The topological polar surface area (TPSA) is 28.6 Å². The van der Waals surface area contributed by atoms with Crippen molar-refractivity contribution in [3.8, 4) is 0 Å². The van der Waals surface area contributed by atoms with Gasteiger partial charge in [0.15, 0.2) is 0 Å². The molecule has 0 saturated carbocycles. The molecule has 116 valence electrons. The minimum atomic E-state index is 0.568. The van der Waals surface area contributed by atoms with Crippen LogP contribution in [0.3, 0.4) is 0 Å². The van der Waals surface area contributed by atoms with Gasteiger partial charge in [0.05, 0.1) is 13.2 Å². The average Bonchev–Trinajstić information content (AvgIpc) is 2.96. The van der Waals surface area contributed by atoms with Crippen molar-refractivity contribution in [3.05, 3.63) is 23.9 Å². The molecule has 3 heterocycles. The molecule has 3 rings (SSSR count). The average molecular weight is 289 g/mol. The van der Waals surface area contributed by atoms with E-state index in [4.69, 9.17) is 9.72 Å². The molecule has 0 unspecified atom stereocenters. The quantitative estimate of drug-likeness (QED) is 0.852. The number of aromatic nitrogens is 1. The van der Waals surface area contributed by atoms with Crippen LogP contribution in [0.1, 0.15) is 38.3 Å². The van der Waals surface area contributed by atoms with Crippen molar-refractivity contribution >= 4 is 5.82 Å². The lowest BCUT2D eigenvalue weighted by Gasteiger charge is -2.29. The number of morpholine rings is 1. The molecule has 2 aliphatic heterocycles. The smallest absolute Gasteiger partial charge is 0.128 e. The van der Waals surface area contributed by atoms with Crippen LogP contribution >= 0.6 is 0 Å². The van der Waals surface area contributed by atoms with Crippen molar-refractivity contribution in [2.45, 2.75) is 32.7 Å². The summed E-state index contributed by atoms with van der Waals surface area (Å²) in [6.45, 7) is 10.6. The van der Waals surface area contributed by atoms with Crippen molar-refractivity contribution in [1.82, 2.24) is 9.88 Å². The van der Waals surface area contributed by atoms with Crippen LogP contribution in [0.2, 0.25) is 0 Å². The highest BCUT2D eigenvalue weighted by Crippen LogP contribution is 2.32. The van der Waals surface area contributed by atoms with Crippen LogP contribution in [0, 0.1) is 5.92 Å². The van der Waals surface area contributed by atoms with Gasteiger partial charge in [0.2, 0.25) is 0 Å². The predicted octanol–water partition coefficient (Wildman–Crippen LogP) is 2.71. The maximum Gasteiger partial charge on any atom is 0.128 e. The Hall–Kier alpha value is -1.13. The Morgan fingerprint density at radius 3 is 2.71 bits per heavy atom. The highest BCUT2D eigenvalue weighted by Gasteiger charge is 2.26. The highest BCUT2D eigenvalue weighted by atomic mass is 16.5. The van der Waals surface area contributed by atoms with E-state index in [1.54, 1.807) is 0 Å². The zero-order valence-corrected chi connectivity index (χ0v) is 13.3. The van der Waals surface area contributed by atoms with E-state index in [9.17, 15) is 0 Å². The second kappa shape index (κ2) is 6.75. The standard InChI is InChI=1S/C17H27N3O/c1-14(2)13-20-7-3-4-16(20)15-5-6-17(18-12-15)19-8-10-21-11-9-19/h5-6,12,14,16H,3-4,7-11,13H2,1-2H3/t16-/m0/s1. The van der Waals surface area contributed by atoms with Crippen molar-refractivity contribution in [1.29, 1.82) is 0 Å². The lowest BCUT2D eigenvalue weighted by molar-refractivity contribution is 0.122. The Kier molecular flexibility index (Phi) is 4.76. The van der Waals surface area contributed by atoms with Crippen molar-refractivity contribution < 1.29 is 4.74 Å². The summed E-state index contributed by atoms with van der Waals surface area (Å²) in [5.74, 6) is 1.82. The lowest BCUT2D eigenvalue weighted by Crippen LogP contribution is -2.36. The van der Waals surface area contributed by atoms with Crippen LogP contribution < -0.4 is 4.90 Å². The molecule has 0 aliphatic carbocycles. The number of nitrogens with zero attached hydrogens (tertiary/aromatic N) is 3. The lowest BCUT2D eigenvalue weighted by atomic mass is 10.1. The summed E-state index contributed by atoms with van der Waals surface area (Å²) in [5.41, 5.74) is 1.38. The van der Waals surface area contributed by atoms with Gasteiger partial charge in [-0.3, -0.25) is 4.90 Å². The Morgan fingerprint density at radius 1 is 1.24 bits per heavy atom. The number of pyridine rings is 1. The number of hydrogen-bond acceptors (Lipinski definition) is 4. The summed E-state index contributed by atoms with van der Waals surface area (Å²) < 4.78 is 5.40. The van der Waals surface area contributed by atoms with E-state index in [0.29, 0.717) is 6.04 Å². The molecule has 0 bridgehead atoms. The third kappa shape index (κ3) is 3.55. The van der Waals surface area contributed by atoms with Gasteiger partial charge in [-0.05, 0) is 36.9 Å². The molecule has 0 radical (unpaired) electrons. The molecule has 21 heavy (non-hydrogen) atoms. The van der Waals surface area contributed by atoms with Crippen LogP contribution in [0.5, 0.6) is 0 Å². The fraction of sp³-hybridized carbons (Fsp3) is 0.706. The van der Waals surface area contributed by atoms with Crippen LogP contribution in [-0.2, 0) is 4.74 Å². The molecule has 0 aromatic carbocycles. The minimum Gasteiger partial charge on any atom is -0.378 e. The number of hydrogen-bond donors (Lipinski definition) is 0. The number of anilines is 1. The van der Waals surface area contributed by atoms with Gasteiger partial charge in [0.1, 0.15) is 5.82 Å². The first-order chi connectivity index (χ1) is 10.2. The molecule has 0 amide bonds. The Balaban J connectivity index is 1.68.